The smallest absolute Gasteiger partial charge is 0.338 e. The van der Waals surface area contributed by atoms with Gasteiger partial charge in [-0.05, 0) is 42.9 Å². The van der Waals surface area contributed by atoms with Crippen molar-refractivity contribution in [3.63, 3.8) is 0 Å². The standard InChI is InChI=1S/C24H27ClN4O4S/c1-15-21(23(32)33-2)22(16-6-3-7-17(25)12-16)29-18(14-34-24(29)27-15)13-19(30)26-9-5-11-28-10-4-8-20(28)31/h3,6-7,12,14,22H,4-5,8-11,13H2,1-2H3,(H,26,30). The Hall–Kier alpha value is -2.78. The van der Waals surface area contributed by atoms with Crippen LogP contribution in [0, 0.1) is 0 Å². The van der Waals surface area contributed by atoms with E-state index in [1.165, 1.54) is 18.9 Å². The number of hydrogen-bond donors (Lipinski definition) is 1. The molecule has 1 fully saturated rings. The third-order valence-electron chi connectivity index (χ3n) is 6.01. The Morgan fingerprint density at radius 1 is 1.35 bits per heavy atom. The van der Waals surface area contributed by atoms with E-state index in [1.54, 1.807) is 13.0 Å². The van der Waals surface area contributed by atoms with Gasteiger partial charge in [0.05, 0.1) is 30.8 Å². The molecule has 1 aromatic carbocycles. The fraction of sp³-hybridized carbons (Fsp3) is 0.417. The molecule has 3 aliphatic rings. The summed E-state index contributed by atoms with van der Waals surface area (Å²) in [5.41, 5.74) is 2.54. The van der Waals surface area contributed by atoms with E-state index in [-0.39, 0.29) is 18.2 Å². The number of amides is 2. The molecule has 10 heteroatoms. The number of thioether (sulfide) groups is 1. The number of esters is 1. The van der Waals surface area contributed by atoms with Crippen LogP contribution < -0.4 is 5.32 Å². The SMILES string of the molecule is COC(=O)C1=C(C)N=C2SC=C(CC(=O)NCCCN3CCCC3=O)N2C1c1cccc(Cl)c1. The van der Waals surface area contributed by atoms with Crippen LogP contribution in [-0.2, 0) is 19.1 Å². The van der Waals surface area contributed by atoms with E-state index in [0.29, 0.717) is 47.4 Å². The molecule has 1 unspecified atom stereocenters. The summed E-state index contributed by atoms with van der Waals surface area (Å²) in [6.45, 7) is 3.73. The zero-order valence-corrected chi connectivity index (χ0v) is 20.7. The number of amidine groups is 1. The van der Waals surface area contributed by atoms with Gasteiger partial charge in [-0.2, -0.15) is 0 Å². The van der Waals surface area contributed by atoms with Crippen LogP contribution in [0.1, 0.15) is 44.2 Å². The fourth-order valence-corrected chi connectivity index (χ4v) is 5.56. The molecule has 1 N–H and O–H groups in total. The van der Waals surface area contributed by atoms with E-state index in [2.05, 4.69) is 10.3 Å². The maximum Gasteiger partial charge on any atom is 0.338 e. The van der Waals surface area contributed by atoms with Gasteiger partial charge in [-0.3, -0.25) is 9.59 Å². The fourth-order valence-electron chi connectivity index (χ4n) is 4.40. The van der Waals surface area contributed by atoms with E-state index in [9.17, 15) is 14.4 Å². The monoisotopic (exact) mass is 502 g/mol. The van der Waals surface area contributed by atoms with Gasteiger partial charge in [-0.15, -0.1) is 0 Å². The Bertz CT molecular complexity index is 1100. The summed E-state index contributed by atoms with van der Waals surface area (Å²) >= 11 is 7.68. The van der Waals surface area contributed by atoms with Gasteiger partial charge in [0.2, 0.25) is 11.8 Å². The number of methoxy groups -OCH3 is 1. The normalized spacial score (nSPS) is 19.7. The first-order chi connectivity index (χ1) is 16.4. The Balaban J connectivity index is 1.47. The van der Waals surface area contributed by atoms with Crippen LogP contribution in [0.25, 0.3) is 0 Å². The zero-order valence-electron chi connectivity index (χ0n) is 19.2. The minimum absolute atomic E-state index is 0.128. The molecule has 2 amide bonds. The number of hydrogen-bond acceptors (Lipinski definition) is 7. The lowest BCUT2D eigenvalue weighted by atomic mass is 9.94. The lowest BCUT2D eigenvalue weighted by Gasteiger charge is -2.36. The highest BCUT2D eigenvalue weighted by molar-refractivity contribution is 8.16. The molecule has 0 aliphatic carbocycles. The van der Waals surface area contributed by atoms with E-state index in [1.807, 2.05) is 33.4 Å². The van der Waals surface area contributed by atoms with Crippen LogP contribution in [0.2, 0.25) is 5.02 Å². The molecule has 8 nitrogen and oxygen atoms in total. The summed E-state index contributed by atoms with van der Waals surface area (Å²) in [5.74, 6) is -0.410. The Morgan fingerprint density at radius 3 is 2.88 bits per heavy atom. The minimum Gasteiger partial charge on any atom is -0.466 e. The molecule has 3 aliphatic heterocycles. The molecule has 1 atom stereocenters. The van der Waals surface area contributed by atoms with Crippen molar-refractivity contribution in [1.29, 1.82) is 0 Å². The van der Waals surface area contributed by atoms with Crippen molar-refractivity contribution in [2.75, 3.05) is 26.7 Å². The van der Waals surface area contributed by atoms with Crippen molar-refractivity contribution in [2.45, 2.75) is 38.6 Å². The second-order valence-corrected chi connectivity index (χ2v) is 9.58. The summed E-state index contributed by atoms with van der Waals surface area (Å²) in [5, 5.41) is 6.09. The predicted octanol–water partition coefficient (Wildman–Crippen LogP) is 3.61. The van der Waals surface area contributed by atoms with Crippen molar-refractivity contribution in [3.05, 3.63) is 57.2 Å². The number of fused-ring (bicyclic) bond motifs is 1. The molecule has 0 radical (unpaired) electrons. The first-order valence-electron chi connectivity index (χ1n) is 11.2. The molecule has 34 heavy (non-hydrogen) atoms. The highest BCUT2D eigenvalue weighted by atomic mass is 35.5. The lowest BCUT2D eigenvalue weighted by molar-refractivity contribution is -0.136. The Kier molecular flexibility index (Phi) is 7.63. The number of allylic oxidation sites excluding steroid dienone is 1. The molecule has 0 saturated carbocycles. The van der Waals surface area contributed by atoms with Gasteiger partial charge in [0, 0.05) is 36.8 Å². The number of halogens is 1. The van der Waals surface area contributed by atoms with E-state index < -0.39 is 12.0 Å². The zero-order chi connectivity index (χ0) is 24.2. The van der Waals surface area contributed by atoms with Gasteiger partial charge >= 0.3 is 5.97 Å². The predicted molar refractivity (Wildman–Crippen MR) is 132 cm³/mol. The molecular weight excluding hydrogens is 476 g/mol. The van der Waals surface area contributed by atoms with E-state index in [0.717, 1.165) is 24.2 Å². The maximum atomic E-state index is 12.7. The molecule has 3 heterocycles. The Labute approximate surface area is 208 Å². The third-order valence-corrected chi connectivity index (χ3v) is 7.13. The van der Waals surface area contributed by atoms with Crippen LogP contribution in [0.3, 0.4) is 0 Å². The number of ether oxygens (including phenoxy) is 1. The summed E-state index contributed by atoms with van der Waals surface area (Å²) < 4.78 is 5.06. The molecule has 0 aromatic heterocycles. The van der Waals surface area contributed by atoms with Gasteiger partial charge in [0.15, 0.2) is 5.17 Å². The van der Waals surface area contributed by atoms with Gasteiger partial charge in [-0.1, -0.05) is 35.5 Å². The minimum atomic E-state index is -0.506. The molecule has 0 bridgehead atoms. The first kappa shape index (κ1) is 24.3. The number of rotatable bonds is 8. The topological polar surface area (TPSA) is 91.3 Å². The molecule has 0 spiro atoms. The van der Waals surface area contributed by atoms with Crippen molar-refractivity contribution in [2.24, 2.45) is 4.99 Å². The average Bonchev–Trinajstić information content (AvgIpc) is 3.40. The largest absolute Gasteiger partial charge is 0.466 e. The van der Waals surface area contributed by atoms with Crippen LogP contribution in [0.5, 0.6) is 0 Å². The molecule has 180 valence electrons. The van der Waals surface area contributed by atoms with Crippen LogP contribution in [0.4, 0.5) is 0 Å². The molecule has 4 rings (SSSR count). The number of likely N-dealkylation sites (tertiary alicyclic amines) is 1. The summed E-state index contributed by atoms with van der Waals surface area (Å²) in [6, 6.07) is 6.81. The van der Waals surface area contributed by atoms with Crippen molar-refractivity contribution < 1.29 is 19.1 Å². The summed E-state index contributed by atoms with van der Waals surface area (Å²) in [6.07, 6.45) is 2.37. The van der Waals surface area contributed by atoms with Crippen molar-refractivity contribution >= 4 is 46.3 Å². The highest BCUT2D eigenvalue weighted by Crippen LogP contribution is 2.45. The summed E-state index contributed by atoms with van der Waals surface area (Å²) in [7, 11) is 1.34. The number of aliphatic imine (C=N–C) groups is 1. The molecule has 1 saturated heterocycles. The average molecular weight is 503 g/mol. The van der Waals surface area contributed by atoms with Crippen LogP contribution in [0.15, 0.2) is 51.6 Å². The molecular formula is C24H27ClN4O4S. The van der Waals surface area contributed by atoms with Crippen molar-refractivity contribution in [1.82, 2.24) is 15.1 Å². The number of carbonyl (C=O) groups excluding carboxylic acids is 3. The number of carbonyl (C=O) groups is 3. The van der Waals surface area contributed by atoms with Gasteiger partial charge in [-0.25, -0.2) is 9.79 Å². The number of benzene rings is 1. The van der Waals surface area contributed by atoms with E-state index in [4.69, 9.17) is 16.3 Å². The first-order valence-corrected chi connectivity index (χ1v) is 12.5. The second-order valence-electron chi connectivity index (χ2n) is 8.30. The van der Waals surface area contributed by atoms with Crippen LogP contribution in [-0.4, -0.2) is 59.5 Å². The lowest BCUT2D eigenvalue weighted by Crippen LogP contribution is -2.38. The highest BCUT2D eigenvalue weighted by Gasteiger charge is 2.41. The van der Waals surface area contributed by atoms with Crippen LogP contribution >= 0.6 is 23.4 Å². The Morgan fingerprint density at radius 2 is 2.18 bits per heavy atom. The van der Waals surface area contributed by atoms with Gasteiger partial charge < -0.3 is 19.9 Å². The molecule has 1 aromatic rings. The maximum absolute atomic E-state index is 12.7. The van der Waals surface area contributed by atoms with Crippen molar-refractivity contribution in [3.8, 4) is 0 Å². The quantitative estimate of drug-likeness (QED) is 0.431. The number of nitrogens with one attached hydrogen (secondary N) is 1. The van der Waals surface area contributed by atoms with E-state index >= 15 is 0 Å². The summed E-state index contributed by atoms with van der Waals surface area (Å²) in [4.78, 5) is 45.5. The number of nitrogens with zero attached hydrogens (tertiary/aromatic N) is 3. The third kappa shape index (κ3) is 5.15. The van der Waals surface area contributed by atoms with Gasteiger partial charge in [0.25, 0.3) is 0 Å². The van der Waals surface area contributed by atoms with Gasteiger partial charge in [0.1, 0.15) is 0 Å². The second kappa shape index (κ2) is 10.7.